The van der Waals surface area contributed by atoms with E-state index in [1.165, 1.54) is 37.5 Å². The van der Waals surface area contributed by atoms with Gasteiger partial charge in [0, 0.05) is 17.0 Å². The Morgan fingerprint density at radius 1 is 0.889 bits per heavy atom. The molecule has 0 aromatic heterocycles. The van der Waals surface area contributed by atoms with E-state index in [2.05, 4.69) is 6.58 Å². The monoisotopic (exact) mass is 627 g/mol. The van der Waals surface area contributed by atoms with E-state index in [9.17, 15) is 18.3 Å². The summed E-state index contributed by atoms with van der Waals surface area (Å²) in [6, 6.07) is 18.8. The zero-order valence-electron chi connectivity index (χ0n) is 26.2. The summed E-state index contributed by atoms with van der Waals surface area (Å²) in [5.74, 6) is 0.224. The van der Waals surface area contributed by atoms with Crippen molar-refractivity contribution in [3.8, 4) is 23.0 Å². The SMILES string of the molecule is C=Cc1c(C(=O)C(=N)CC)cccc1S(=O)(=O)Oc1ccc(C(c2ccc(O)c(C)c2)c2cc(C)c(OC)c(C)c2)cc1OC. The third-order valence-electron chi connectivity index (χ3n) is 7.71. The molecule has 4 aromatic carbocycles. The number of nitrogens with one attached hydrogen (secondary N) is 1. The van der Waals surface area contributed by atoms with Gasteiger partial charge in [0.25, 0.3) is 0 Å². The van der Waals surface area contributed by atoms with Crippen LogP contribution in [0.3, 0.4) is 0 Å². The van der Waals surface area contributed by atoms with Crippen LogP contribution in [0.4, 0.5) is 0 Å². The standard InChI is InChI=1S/C36H37NO7S/c1-8-27-28(35(39)29(37)9-2)11-10-12-33(27)45(40,41)44-31-16-14-25(20-32(31)42-6)34(24-13-15-30(38)21(3)17-24)26-18-22(4)36(43-7)23(5)19-26/h8,10-20,34,37-38H,1,9H2,2-7H3. The van der Waals surface area contributed by atoms with E-state index < -0.39 is 15.9 Å². The Morgan fingerprint density at radius 2 is 1.51 bits per heavy atom. The van der Waals surface area contributed by atoms with E-state index in [1.807, 2.05) is 45.0 Å². The number of rotatable bonds is 12. The normalized spacial score (nSPS) is 11.9. The second kappa shape index (κ2) is 13.4. The molecule has 0 saturated carbocycles. The van der Waals surface area contributed by atoms with E-state index in [4.69, 9.17) is 19.1 Å². The van der Waals surface area contributed by atoms with Gasteiger partial charge in [-0.1, -0.05) is 62.0 Å². The fourth-order valence-electron chi connectivity index (χ4n) is 5.50. The molecule has 0 amide bonds. The first-order chi connectivity index (χ1) is 21.4. The fourth-order valence-corrected chi connectivity index (χ4v) is 6.67. The van der Waals surface area contributed by atoms with E-state index >= 15 is 0 Å². The molecule has 45 heavy (non-hydrogen) atoms. The van der Waals surface area contributed by atoms with Crippen LogP contribution in [0.5, 0.6) is 23.0 Å². The number of hydrogen-bond donors (Lipinski definition) is 2. The summed E-state index contributed by atoms with van der Waals surface area (Å²) in [5.41, 5.74) is 5.27. The number of carbonyl (C=O) groups is 1. The quantitative estimate of drug-likeness (QED) is 0.0720. The molecule has 0 heterocycles. The van der Waals surface area contributed by atoms with Crippen molar-refractivity contribution < 1.29 is 32.0 Å². The van der Waals surface area contributed by atoms with Crippen LogP contribution in [0.2, 0.25) is 0 Å². The van der Waals surface area contributed by atoms with Crippen molar-refractivity contribution in [2.24, 2.45) is 0 Å². The number of aryl methyl sites for hydroxylation is 3. The number of Topliss-reactive ketones (excluding diaryl/α,β-unsaturated/α-hetero) is 1. The topological polar surface area (TPSA) is 123 Å². The predicted octanol–water partition coefficient (Wildman–Crippen LogP) is 7.54. The molecule has 0 radical (unpaired) electrons. The molecule has 1 atom stereocenters. The van der Waals surface area contributed by atoms with Crippen LogP contribution in [0.1, 0.15) is 68.6 Å². The maximum Gasteiger partial charge on any atom is 0.339 e. The summed E-state index contributed by atoms with van der Waals surface area (Å²) < 4.78 is 44.0. The lowest BCUT2D eigenvalue weighted by atomic mass is 9.83. The second-order valence-corrected chi connectivity index (χ2v) is 12.2. The molecule has 4 rings (SSSR count). The molecule has 9 heteroatoms. The van der Waals surface area contributed by atoms with Gasteiger partial charge in [0.15, 0.2) is 11.5 Å². The van der Waals surface area contributed by atoms with Gasteiger partial charge < -0.3 is 24.2 Å². The van der Waals surface area contributed by atoms with Crippen LogP contribution in [0.15, 0.2) is 78.2 Å². The molecular weight excluding hydrogens is 590 g/mol. The van der Waals surface area contributed by atoms with Gasteiger partial charge in [0.1, 0.15) is 16.4 Å². The number of benzene rings is 4. The minimum absolute atomic E-state index is 0.0444. The summed E-state index contributed by atoms with van der Waals surface area (Å²) in [5, 5.41) is 18.2. The van der Waals surface area contributed by atoms with Gasteiger partial charge in [-0.05, 0) is 84.8 Å². The Hall–Kier alpha value is -4.89. The summed E-state index contributed by atoms with van der Waals surface area (Å²) >= 11 is 0. The number of phenolic OH excluding ortho intramolecular Hbond substituents is 1. The molecule has 1 unspecified atom stereocenters. The van der Waals surface area contributed by atoms with Crippen molar-refractivity contribution in [2.75, 3.05) is 14.2 Å². The highest BCUT2D eigenvalue weighted by Crippen LogP contribution is 2.41. The number of methoxy groups -OCH3 is 2. The lowest BCUT2D eigenvalue weighted by Crippen LogP contribution is -2.17. The maximum absolute atomic E-state index is 13.6. The first kappa shape index (κ1) is 33.0. The zero-order valence-corrected chi connectivity index (χ0v) is 27.0. The average molecular weight is 628 g/mol. The summed E-state index contributed by atoms with van der Waals surface area (Å²) in [4.78, 5) is 12.5. The Labute approximate surface area is 264 Å². The van der Waals surface area contributed by atoms with Crippen LogP contribution >= 0.6 is 0 Å². The second-order valence-electron chi connectivity index (χ2n) is 10.7. The molecule has 0 fully saturated rings. The molecule has 0 spiro atoms. The lowest BCUT2D eigenvalue weighted by Gasteiger charge is -2.23. The molecule has 0 aliphatic heterocycles. The minimum Gasteiger partial charge on any atom is -0.508 e. The third-order valence-corrected chi connectivity index (χ3v) is 9.00. The van der Waals surface area contributed by atoms with Crippen LogP contribution in [-0.2, 0) is 10.1 Å². The number of ketones is 1. The van der Waals surface area contributed by atoms with Crippen molar-refractivity contribution in [3.63, 3.8) is 0 Å². The zero-order chi connectivity index (χ0) is 33.1. The highest BCUT2D eigenvalue weighted by Gasteiger charge is 2.27. The van der Waals surface area contributed by atoms with Crippen molar-refractivity contribution in [3.05, 3.63) is 118 Å². The van der Waals surface area contributed by atoms with Gasteiger partial charge in [-0.25, -0.2) is 0 Å². The van der Waals surface area contributed by atoms with Gasteiger partial charge in [0.05, 0.1) is 19.9 Å². The van der Waals surface area contributed by atoms with Crippen LogP contribution in [0.25, 0.3) is 6.08 Å². The van der Waals surface area contributed by atoms with Crippen molar-refractivity contribution in [1.29, 1.82) is 5.41 Å². The highest BCUT2D eigenvalue weighted by molar-refractivity contribution is 7.87. The van der Waals surface area contributed by atoms with Crippen molar-refractivity contribution in [1.82, 2.24) is 0 Å². The Kier molecular flexibility index (Phi) is 9.83. The summed E-state index contributed by atoms with van der Waals surface area (Å²) in [6.45, 7) is 11.2. The Morgan fingerprint density at radius 3 is 2.09 bits per heavy atom. The first-order valence-corrected chi connectivity index (χ1v) is 15.7. The fraction of sp³-hybridized carbons (Fsp3) is 0.222. The van der Waals surface area contributed by atoms with Gasteiger partial charge in [-0.3, -0.25) is 4.79 Å². The van der Waals surface area contributed by atoms with Gasteiger partial charge in [0.2, 0.25) is 5.78 Å². The van der Waals surface area contributed by atoms with Crippen molar-refractivity contribution in [2.45, 2.75) is 44.9 Å². The molecule has 8 nitrogen and oxygen atoms in total. The summed E-state index contributed by atoms with van der Waals surface area (Å²) in [7, 11) is -1.40. The smallest absolute Gasteiger partial charge is 0.339 e. The van der Waals surface area contributed by atoms with E-state index in [1.54, 1.807) is 32.2 Å². The number of carbonyl (C=O) groups excluding carboxylic acids is 1. The largest absolute Gasteiger partial charge is 0.508 e. The first-order valence-electron chi connectivity index (χ1n) is 14.3. The molecule has 0 saturated heterocycles. The molecule has 0 aliphatic carbocycles. The molecule has 4 aromatic rings. The van der Waals surface area contributed by atoms with Gasteiger partial charge in [-0.15, -0.1) is 0 Å². The Bertz CT molecular complexity index is 1890. The lowest BCUT2D eigenvalue weighted by molar-refractivity contribution is 0.106. The predicted molar refractivity (Wildman–Crippen MR) is 176 cm³/mol. The molecule has 0 aliphatic rings. The van der Waals surface area contributed by atoms with E-state index in [-0.39, 0.29) is 51.3 Å². The van der Waals surface area contributed by atoms with Crippen molar-refractivity contribution >= 4 is 27.7 Å². The molecule has 234 valence electrons. The average Bonchev–Trinajstić information content (AvgIpc) is 3.02. The number of hydrogen-bond acceptors (Lipinski definition) is 8. The number of aromatic hydroxyl groups is 1. The number of ether oxygens (including phenoxy) is 2. The molecule has 2 N–H and O–H groups in total. The van der Waals surface area contributed by atoms with Gasteiger partial charge >= 0.3 is 10.1 Å². The minimum atomic E-state index is -4.46. The van der Waals surface area contributed by atoms with Crippen LogP contribution in [0, 0.1) is 26.2 Å². The molecule has 0 bridgehead atoms. The van der Waals surface area contributed by atoms with E-state index in [0.717, 1.165) is 33.6 Å². The third kappa shape index (κ3) is 6.63. The van der Waals surface area contributed by atoms with Gasteiger partial charge in [-0.2, -0.15) is 8.42 Å². The molecular formula is C36H37NO7S. The van der Waals surface area contributed by atoms with E-state index in [0.29, 0.717) is 5.56 Å². The van der Waals surface area contributed by atoms with Crippen LogP contribution in [-0.4, -0.2) is 39.2 Å². The number of phenols is 1. The maximum atomic E-state index is 13.6. The Balaban J connectivity index is 1.82. The summed E-state index contributed by atoms with van der Waals surface area (Å²) in [6.07, 6.45) is 1.47. The highest BCUT2D eigenvalue weighted by atomic mass is 32.2. The van der Waals surface area contributed by atoms with Crippen LogP contribution < -0.4 is 13.7 Å².